The van der Waals surface area contributed by atoms with E-state index in [9.17, 15) is 4.39 Å². The summed E-state index contributed by atoms with van der Waals surface area (Å²) in [7, 11) is 0. The molecule has 1 aromatic carbocycles. The zero-order chi connectivity index (χ0) is 10.9. The second-order valence-corrected chi connectivity index (χ2v) is 4.47. The molecule has 1 unspecified atom stereocenters. The van der Waals surface area contributed by atoms with Crippen LogP contribution in [0.1, 0.15) is 18.9 Å². The van der Waals surface area contributed by atoms with E-state index in [2.05, 4.69) is 0 Å². The molecule has 0 heterocycles. The summed E-state index contributed by atoms with van der Waals surface area (Å²) in [5.74, 6) is -0.232. The van der Waals surface area contributed by atoms with Gasteiger partial charge in [-0.05, 0) is 24.1 Å². The van der Waals surface area contributed by atoms with Crippen molar-refractivity contribution in [2.24, 2.45) is 0 Å². The minimum atomic E-state index is -0.247. The van der Waals surface area contributed by atoms with Gasteiger partial charge in [-0.3, -0.25) is 0 Å². The Hall–Kier alpha value is -1.08. The third-order valence-electron chi connectivity index (χ3n) is 2.80. The maximum absolute atomic E-state index is 13.7. The highest BCUT2D eigenvalue weighted by Crippen LogP contribution is 2.34. The van der Waals surface area contributed by atoms with E-state index in [-0.39, 0.29) is 11.2 Å². The topological polar surface area (TPSA) is 0 Å². The lowest BCUT2D eigenvalue weighted by molar-refractivity contribution is 0.530. The molecular formula is C13H12ClF. The molecule has 0 N–H and O–H groups in total. The van der Waals surface area contributed by atoms with Crippen molar-refractivity contribution < 1.29 is 4.39 Å². The molecule has 0 amide bonds. The minimum absolute atomic E-state index is 0.232. The van der Waals surface area contributed by atoms with Gasteiger partial charge in [0, 0.05) is 10.4 Å². The monoisotopic (exact) mass is 222 g/mol. The lowest BCUT2D eigenvalue weighted by atomic mass is 9.77. The molecule has 0 bridgehead atoms. The molecule has 0 saturated heterocycles. The summed E-state index contributed by atoms with van der Waals surface area (Å²) in [6, 6.07) is 4.87. The maximum Gasteiger partial charge on any atom is 0.128 e. The first-order valence-electron chi connectivity index (χ1n) is 4.92. The summed E-state index contributed by atoms with van der Waals surface area (Å²) < 4.78 is 13.7. The molecule has 0 saturated carbocycles. The summed E-state index contributed by atoms with van der Waals surface area (Å²) in [6.07, 6.45) is 8.84. The van der Waals surface area contributed by atoms with Gasteiger partial charge in [0.2, 0.25) is 0 Å². The van der Waals surface area contributed by atoms with Crippen molar-refractivity contribution in [2.75, 3.05) is 0 Å². The molecule has 0 nitrogen and oxygen atoms in total. The van der Waals surface area contributed by atoms with Gasteiger partial charge in [0.15, 0.2) is 0 Å². The van der Waals surface area contributed by atoms with E-state index in [0.717, 1.165) is 6.42 Å². The van der Waals surface area contributed by atoms with Crippen LogP contribution in [0.3, 0.4) is 0 Å². The minimum Gasteiger partial charge on any atom is -0.207 e. The van der Waals surface area contributed by atoms with Crippen LogP contribution >= 0.6 is 11.6 Å². The van der Waals surface area contributed by atoms with Crippen LogP contribution in [0.25, 0.3) is 0 Å². The molecule has 0 fully saturated rings. The van der Waals surface area contributed by atoms with Gasteiger partial charge in [-0.25, -0.2) is 4.39 Å². The predicted molar refractivity (Wildman–Crippen MR) is 61.7 cm³/mol. The highest BCUT2D eigenvalue weighted by Gasteiger charge is 2.26. The van der Waals surface area contributed by atoms with E-state index in [0.29, 0.717) is 10.6 Å². The molecule has 0 aromatic heterocycles. The number of benzene rings is 1. The Kier molecular flexibility index (Phi) is 2.66. The van der Waals surface area contributed by atoms with Gasteiger partial charge in [0.05, 0.1) is 0 Å². The largest absolute Gasteiger partial charge is 0.207 e. The quantitative estimate of drug-likeness (QED) is 0.666. The van der Waals surface area contributed by atoms with Crippen molar-refractivity contribution >= 4 is 11.6 Å². The predicted octanol–water partition coefficient (Wildman–Crippen LogP) is 4.25. The van der Waals surface area contributed by atoms with E-state index in [1.54, 1.807) is 12.1 Å². The van der Waals surface area contributed by atoms with Crippen LogP contribution in [0, 0.1) is 5.82 Å². The van der Waals surface area contributed by atoms with Crippen LogP contribution < -0.4 is 0 Å². The number of halogens is 2. The summed E-state index contributed by atoms with van der Waals surface area (Å²) in [5, 5.41) is 0.440. The second kappa shape index (κ2) is 3.82. The standard InChI is InChI=1S/C13H12ClF/c1-13(7-3-2-4-8-13)11-6-5-10(14)9-12(11)15/h2-7,9H,8H2,1H3. The lowest BCUT2D eigenvalue weighted by Gasteiger charge is -2.27. The molecule has 15 heavy (non-hydrogen) atoms. The van der Waals surface area contributed by atoms with Gasteiger partial charge in [0.1, 0.15) is 5.82 Å². The van der Waals surface area contributed by atoms with E-state index in [4.69, 9.17) is 11.6 Å². The SMILES string of the molecule is CC1(c2ccc(Cl)cc2F)C=CC=CC1. The molecule has 78 valence electrons. The normalized spacial score (nSPS) is 24.5. The zero-order valence-electron chi connectivity index (χ0n) is 8.50. The van der Waals surface area contributed by atoms with Crippen molar-refractivity contribution in [3.8, 4) is 0 Å². The van der Waals surface area contributed by atoms with Crippen LogP contribution in [0.2, 0.25) is 5.02 Å². The summed E-state index contributed by atoms with van der Waals surface area (Å²) in [4.78, 5) is 0. The van der Waals surface area contributed by atoms with E-state index in [1.165, 1.54) is 6.07 Å². The van der Waals surface area contributed by atoms with Crippen LogP contribution in [0.5, 0.6) is 0 Å². The molecule has 2 rings (SSSR count). The fourth-order valence-electron chi connectivity index (χ4n) is 1.88. The highest BCUT2D eigenvalue weighted by molar-refractivity contribution is 6.30. The molecule has 0 aliphatic heterocycles. The molecule has 1 aliphatic rings. The van der Waals surface area contributed by atoms with Crippen molar-refractivity contribution in [3.63, 3.8) is 0 Å². The van der Waals surface area contributed by atoms with E-state index < -0.39 is 0 Å². The Morgan fingerprint density at radius 1 is 1.33 bits per heavy atom. The third kappa shape index (κ3) is 1.98. The first-order valence-corrected chi connectivity index (χ1v) is 5.29. The number of hydrogen-bond acceptors (Lipinski definition) is 0. The first-order chi connectivity index (χ1) is 7.12. The molecule has 2 heteroatoms. The maximum atomic E-state index is 13.7. The summed E-state index contributed by atoms with van der Waals surface area (Å²) in [6.45, 7) is 2.03. The Morgan fingerprint density at radius 2 is 2.13 bits per heavy atom. The Labute approximate surface area is 94.1 Å². The van der Waals surface area contributed by atoms with Crippen LogP contribution in [0.15, 0.2) is 42.5 Å². The smallest absolute Gasteiger partial charge is 0.128 e. The van der Waals surface area contributed by atoms with Crippen molar-refractivity contribution in [1.82, 2.24) is 0 Å². The molecule has 1 atom stereocenters. The molecule has 1 aliphatic carbocycles. The van der Waals surface area contributed by atoms with Gasteiger partial charge >= 0.3 is 0 Å². The van der Waals surface area contributed by atoms with Gasteiger partial charge < -0.3 is 0 Å². The van der Waals surface area contributed by atoms with Crippen LogP contribution in [0.4, 0.5) is 4.39 Å². The van der Waals surface area contributed by atoms with Crippen molar-refractivity contribution in [2.45, 2.75) is 18.8 Å². The van der Waals surface area contributed by atoms with Gasteiger partial charge in [-0.2, -0.15) is 0 Å². The van der Waals surface area contributed by atoms with Crippen LogP contribution in [-0.4, -0.2) is 0 Å². The highest BCUT2D eigenvalue weighted by atomic mass is 35.5. The molecule has 0 radical (unpaired) electrons. The molecular weight excluding hydrogens is 211 g/mol. The molecule has 0 spiro atoms. The van der Waals surface area contributed by atoms with Gasteiger partial charge in [-0.15, -0.1) is 0 Å². The number of hydrogen-bond donors (Lipinski definition) is 0. The third-order valence-corrected chi connectivity index (χ3v) is 3.03. The fourth-order valence-corrected chi connectivity index (χ4v) is 2.04. The summed E-state index contributed by atoms with van der Waals surface area (Å²) in [5.41, 5.74) is 0.455. The molecule has 1 aromatic rings. The Morgan fingerprint density at radius 3 is 2.73 bits per heavy atom. The fraction of sp³-hybridized carbons (Fsp3) is 0.231. The first kappa shape index (κ1) is 10.4. The second-order valence-electron chi connectivity index (χ2n) is 4.03. The lowest BCUT2D eigenvalue weighted by Crippen LogP contribution is -2.21. The van der Waals surface area contributed by atoms with Crippen molar-refractivity contribution in [3.05, 3.63) is 58.9 Å². The number of allylic oxidation sites excluding steroid dienone is 4. The Balaban J connectivity index is 2.45. The van der Waals surface area contributed by atoms with Gasteiger partial charge in [-0.1, -0.05) is 48.9 Å². The summed E-state index contributed by atoms with van der Waals surface area (Å²) >= 11 is 5.73. The van der Waals surface area contributed by atoms with Gasteiger partial charge in [0.25, 0.3) is 0 Å². The average Bonchev–Trinajstić information content (AvgIpc) is 2.18. The average molecular weight is 223 g/mol. The van der Waals surface area contributed by atoms with E-state index >= 15 is 0 Å². The zero-order valence-corrected chi connectivity index (χ0v) is 9.26. The van der Waals surface area contributed by atoms with E-state index in [1.807, 2.05) is 31.2 Å². The van der Waals surface area contributed by atoms with Crippen LogP contribution in [-0.2, 0) is 5.41 Å². The Bertz CT molecular complexity index is 434. The van der Waals surface area contributed by atoms with Crippen molar-refractivity contribution in [1.29, 1.82) is 0 Å². The number of rotatable bonds is 1.